The first-order valence-electron chi connectivity index (χ1n) is 13.3. The highest BCUT2D eigenvalue weighted by atomic mass is 16.5. The Hall–Kier alpha value is -3.12. The van der Waals surface area contributed by atoms with E-state index in [1.54, 1.807) is 0 Å². The molecule has 2 aromatic carbocycles. The largest absolute Gasteiger partial charge is 0.381 e. The van der Waals surface area contributed by atoms with Gasteiger partial charge in [0.15, 0.2) is 0 Å². The van der Waals surface area contributed by atoms with E-state index in [0.29, 0.717) is 18.7 Å². The van der Waals surface area contributed by atoms with Crippen molar-refractivity contribution in [2.75, 3.05) is 19.8 Å². The fourth-order valence-corrected chi connectivity index (χ4v) is 5.25. The third kappa shape index (κ3) is 5.05. The predicted octanol–water partition coefficient (Wildman–Crippen LogP) is 5.46. The Labute approximate surface area is 214 Å². The molecule has 1 aliphatic heterocycles. The molecule has 0 fully saturated rings. The summed E-state index contributed by atoms with van der Waals surface area (Å²) < 4.78 is 7.75. The number of amides is 2. The maximum Gasteiger partial charge on any atom is 0.255 e. The number of hydrogen-bond acceptors (Lipinski definition) is 3. The second-order valence-electron chi connectivity index (χ2n) is 9.86. The molecule has 0 spiro atoms. The van der Waals surface area contributed by atoms with Crippen molar-refractivity contribution in [1.82, 2.24) is 14.8 Å². The van der Waals surface area contributed by atoms with Gasteiger partial charge in [-0.1, -0.05) is 70.0 Å². The first kappa shape index (κ1) is 26.0. The van der Waals surface area contributed by atoms with Gasteiger partial charge in [0.1, 0.15) is 6.04 Å². The molecule has 1 aliphatic rings. The molecule has 36 heavy (non-hydrogen) atoms. The summed E-state index contributed by atoms with van der Waals surface area (Å²) in [6.07, 6.45) is 5.81. The number of unbranched alkanes of at least 4 members (excludes halogenated alkanes) is 1. The summed E-state index contributed by atoms with van der Waals surface area (Å²) in [6.45, 7) is 8.20. The van der Waals surface area contributed by atoms with E-state index < -0.39 is 6.04 Å². The SMILES string of the molecule is CCCCOCCCNC(=O)C(C(C)CC)N1C(=O)c2ccccc2C1c1cn(C)c2ccccc12. The van der Waals surface area contributed by atoms with E-state index in [2.05, 4.69) is 49.0 Å². The molecule has 2 amide bonds. The number of hydrogen-bond donors (Lipinski definition) is 1. The quantitative estimate of drug-likeness (QED) is 0.344. The Kier molecular flexibility index (Phi) is 8.47. The Morgan fingerprint density at radius 1 is 1.03 bits per heavy atom. The minimum absolute atomic E-state index is 0.00143. The van der Waals surface area contributed by atoms with Gasteiger partial charge in [-0.05, 0) is 36.5 Å². The van der Waals surface area contributed by atoms with Crippen LogP contribution < -0.4 is 5.32 Å². The number of nitrogens with one attached hydrogen (secondary N) is 1. The molecule has 0 saturated heterocycles. The van der Waals surface area contributed by atoms with Crippen LogP contribution in [0.1, 0.15) is 74.0 Å². The van der Waals surface area contributed by atoms with Crippen molar-refractivity contribution >= 4 is 22.7 Å². The van der Waals surface area contributed by atoms with E-state index in [0.717, 1.165) is 54.3 Å². The topological polar surface area (TPSA) is 63.6 Å². The van der Waals surface area contributed by atoms with Crippen molar-refractivity contribution in [3.05, 3.63) is 71.4 Å². The van der Waals surface area contributed by atoms with Crippen LogP contribution in [0.2, 0.25) is 0 Å². The van der Waals surface area contributed by atoms with Gasteiger partial charge < -0.3 is 19.5 Å². The highest BCUT2D eigenvalue weighted by Gasteiger charge is 2.46. The standard InChI is InChI=1S/C30H39N3O3/c1-5-7-18-36-19-12-17-31-29(34)27(21(3)6-2)33-28(23-14-8-9-15-24(23)30(33)35)25-20-32(4)26-16-11-10-13-22(25)26/h8-11,13-16,20-21,27-28H,5-7,12,17-19H2,1-4H3,(H,31,34). The molecular weight excluding hydrogens is 450 g/mol. The summed E-state index contributed by atoms with van der Waals surface area (Å²) in [6, 6.07) is 15.1. The average molecular weight is 490 g/mol. The Morgan fingerprint density at radius 3 is 2.53 bits per heavy atom. The van der Waals surface area contributed by atoms with Gasteiger partial charge in [0.25, 0.3) is 5.91 Å². The zero-order chi connectivity index (χ0) is 25.7. The number of benzene rings is 2. The minimum Gasteiger partial charge on any atom is -0.381 e. The number of rotatable bonds is 12. The van der Waals surface area contributed by atoms with Crippen LogP contribution in [0.5, 0.6) is 0 Å². The van der Waals surface area contributed by atoms with Crippen LogP contribution >= 0.6 is 0 Å². The lowest BCUT2D eigenvalue weighted by Crippen LogP contribution is -2.52. The number of nitrogens with zero attached hydrogens (tertiary/aromatic N) is 2. The smallest absolute Gasteiger partial charge is 0.255 e. The number of aromatic nitrogens is 1. The molecule has 1 N–H and O–H groups in total. The van der Waals surface area contributed by atoms with Crippen LogP contribution in [0.4, 0.5) is 0 Å². The summed E-state index contributed by atoms with van der Waals surface area (Å²) in [7, 11) is 2.03. The summed E-state index contributed by atoms with van der Waals surface area (Å²) in [5.41, 5.74) is 3.80. The third-order valence-corrected chi connectivity index (χ3v) is 7.38. The highest BCUT2D eigenvalue weighted by molar-refractivity contribution is 6.03. The summed E-state index contributed by atoms with van der Waals surface area (Å²) in [5.74, 6) is -0.169. The van der Waals surface area contributed by atoms with Crippen LogP contribution in [0.15, 0.2) is 54.7 Å². The highest BCUT2D eigenvalue weighted by Crippen LogP contribution is 2.44. The molecule has 0 bridgehead atoms. The molecule has 2 heterocycles. The number of para-hydroxylation sites is 1. The van der Waals surface area contributed by atoms with Crippen molar-refractivity contribution in [3.63, 3.8) is 0 Å². The van der Waals surface area contributed by atoms with Crippen molar-refractivity contribution in [2.24, 2.45) is 13.0 Å². The van der Waals surface area contributed by atoms with E-state index in [1.807, 2.05) is 48.3 Å². The fraction of sp³-hybridized carbons (Fsp3) is 0.467. The van der Waals surface area contributed by atoms with Crippen molar-refractivity contribution < 1.29 is 14.3 Å². The Bertz CT molecular complexity index is 1200. The monoisotopic (exact) mass is 489 g/mol. The van der Waals surface area contributed by atoms with Crippen molar-refractivity contribution in [3.8, 4) is 0 Å². The van der Waals surface area contributed by atoms with Gasteiger partial charge in [-0.2, -0.15) is 0 Å². The second-order valence-corrected chi connectivity index (χ2v) is 9.86. The Morgan fingerprint density at radius 2 is 1.75 bits per heavy atom. The summed E-state index contributed by atoms with van der Waals surface area (Å²) in [4.78, 5) is 29.4. The van der Waals surface area contributed by atoms with E-state index in [1.165, 1.54) is 0 Å². The number of carbonyl (C=O) groups excluding carboxylic acids is 2. The minimum atomic E-state index is -0.570. The number of ether oxygens (including phenoxy) is 1. The van der Waals surface area contributed by atoms with Gasteiger partial charge in [-0.15, -0.1) is 0 Å². The van der Waals surface area contributed by atoms with Crippen LogP contribution in [-0.4, -0.2) is 47.1 Å². The number of aryl methyl sites for hydroxylation is 1. The molecule has 6 nitrogen and oxygen atoms in total. The summed E-state index contributed by atoms with van der Waals surface area (Å²) >= 11 is 0. The zero-order valence-corrected chi connectivity index (χ0v) is 22.0. The third-order valence-electron chi connectivity index (χ3n) is 7.38. The fourth-order valence-electron chi connectivity index (χ4n) is 5.25. The predicted molar refractivity (Wildman–Crippen MR) is 144 cm³/mol. The van der Waals surface area contributed by atoms with Gasteiger partial charge in [0.05, 0.1) is 6.04 Å². The molecule has 0 saturated carbocycles. The second kappa shape index (κ2) is 11.7. The molecule has 3 atom stereocenters. The number of carbonyl (C=O) groups is 2. The summed E-state index contributed by atoms with van der Waals surface area (Å²) in [5, 5.41) is 4.21. The van der Waals surface area contributed by atoms with Crippen LogP contribution in [0.3, 0.4) is 0 Å². The number of fused-ring (bicyclic) bond motifs is 2. The van der Waals surface area contributed by atoms with E-state index >= 15 is 0 Å². The average Bonchev–Trinajstić information content (AvgIpc) is 3.37. The maximum absolute atomic E-state index is 13.9. The van der Waals surface area contributed by atoms with Gasteiger partial charge in [0.2, 0.25) is 5.91 Å². The van der Waals surface area contributed by atoms with Crippen molar-refractivity contribution in [2.45, 2.75) is 58.5 Å². The maximum atomic E-state index is 13.9. The molecule has 3 aromatic rings. The lowest BCUT2D eigenvalue weighted by Gasteiger charge is -2.36. The van der Waals surface area contributed by atoms with E-state index in [9.17, 15) is 9.59 Å². The molecule has 192 valence electrons. The van der Waals surface area contributed by atoms with Crippen LogP contribution in [-0.2, 0) is 16.6 Å². The molecule has 0 radical (unpaired) electrons. The zero-order valence-electron chi connectivity index (χ0n) is 22.0. The molecule has 6 heteroatoms. The molecular formula is C30H39N3O3. The molecule has 4 rings (SSSR count). The van der Waals surface area contributed by atoms with Gasteiger partial charge in [0, 0.05) is 55.0 Å². The van der Waals surface area contributed by atoms with Gasteiger partial charge in [-0.25, -0.2) is 0 Å². The Balaban J connectivity index is 1.66. The van der Waals surface area contributed by atoms with Gasteiger partial charge in [-0.3, -0.25) is 9.59 Å². The molecule has 3 unspecified atom stereocenters. The normalized spacial score (nSPS) is 16.8. The molecule has 0 aliphatic carbocycles. The first-order chi connectivity index (χ1) is 17.5. The molecule has 1 aromatic heterocycles. The van der Waals surface area contributed by atoms with Crippen LogP contribution in [0, 0.1) is 5.92 Å². The van der Waals surface area contributed by atoms with Gasteiger partial charge >= 0.3 is 0 Å². The van der Waals surface area contributed by atoms with E-state index in [-0.39, 0.29) is 23.8 Å². The lowest BCUT2D eigenvalue weighted by atomic mass is 9.92. The van der Waals surface area contributed by atoms with E-state index in [4.69, 9.17) is 4.74 Å². The van der Waals surface area contributed by atoms with Crippen LogP contribution in [0.25, 0.3) is 10.9 Å². The van der Waals surface area contributed by atoms with Crippen molar-refractivity contribution in [1.29, 1.82) is 0 Å². The lowest BCUT2D eigenvalue weighted by molar-refractivity contribution is -0.127. The first-order valence-corrected chi connectivity index (χ1v) is 13.3.